The van der Waals surface area contributed by atoms with Gasteiger partial charge in [0, 0.05) is 17.8 Å². The summed E-state index contributed by atoms with van der Waals surface area (Å²) in [6.07, 6.45) is 0. The first-order valence-electron chi connectivity index (χ1n) is 5.68. The number of anilines is 1. The number of carbonyl (C=O) groups is 1. The topological polar surface area (TPSA) is 52.6 Å². The predicted octanol–water partition coefficient (Wildman–Crippen LogP) is 2.28. The molecule has 0 fully saturated rings. The van der Waals surface area contributed by atoms with Gasteiger partial charge in [0.15, 0.2) is 0 Å². The third kappa shape index (κ3) is 3.43. The van der Waals surface area contributed by atoms with Crippen LogP contribution in [0.2, 0.25) is 0 Å². The van der Waals surface area contributed by atoms with Crippen molar-refractivity contribution in [3.8, 4) is 0 Å². The van der Waals surface area contributed by atoms with E-state index in [1.807, 2.05) is 14.1 Å². The van der Waals surface area contributed by atoms with Crippen molar-refractivity contribution >= 4 is 11.7 Å². The fourth-order valence-corrected chi connectivity index (χ4v) is 1.27. The van der Waals surface area contributed by atoms with Crippen LogP contribution in [0.4, 0.5) is 10.1 Å². The van der Waals surface area contributed by atoms with E-state index in [4.69, 9.17) is 5.11 Å². The molecule has 0 aliphatic carbocycles. The molecule has 0 aromatic heterocycles. The van der Waals surface area contributed by atoms with Gasteiger partial charge < -0.3 is 15.3 Å². The van der Waals surface area contributed by atoms with Crippen molar-refractivity contribution in [2.24, 2.45) is 0 Å². The molecule has 0 bridgehead atoms. The van der Waals surface area contributed by atoms with Gasteiger partial charge in [-0.3, -0.25) is 0 Å². The Morgan fingerprint density at radius 1 is 1.44 bits per heavy atom. The van der Waals surface area contributed by atoms with Crippen LogP contribution in [0.1, 0.15) is 24.2 Å². The highest BCUT2D eigenvalue weighted by Crippen LogP contribution is 2.17. The Labute approximate surface area is 106 Å². The summed E-state index contributed by atoms with van der Waals surface area (Å²) < 4.78 is 13.4. The first-order chi connectivity index (χ1) is 8.24. The molecule has 0 radical (unpaired) electrons. The van der Waals surface area contributed by atoms with E-state index in [9.17, 15) is 9.18 Å². The number of carboxylic acids is 1. The Morgan fingerprint density at radius 3 is 2.50 bits per heavy atom. The second-order valence-corrected chi connectivity index (χ2v) is 5.06. The lowest BCUT2D eigenvalue weighted by molar-refractivity contribution is 0.0692. The highest BCUT2D eigenvalue weighted by molar-refractivity contribution is 5.88. The summed E-state index contributed by atoms with van der Waals surface area (Å²) >= 11 is 0. The van der Waals surface area contributed by atoms with Crippen molar-refractivity contribution in [2.75, 3.05) is 26.0 Å². The van der Waals surface area contributed by atoms with Crippen LogP contribution in [0.5, 0.6) is 0 Å². The van der Waals surface area contributed by atoms with E-state index < -0.39 is 11.8 Å². The fourth-order valence-electron chi connectivity index (χ4n) is 1.27. The molecule has 0 saturated carbocycles. The minimum absolute atomic E-state index is 0.0814. The molecular formula is C13H19FN2O2. The lowest BCUT2D eigenvalue weighted by atomic mass is 10.0. The standard InChI is InChI=1S/C13H19FN2O2/c1-13(2,16(3)4)8-15-9-5-6-10(12(17)18)11(14)7-9/h5-7,15H,8H2,1-4H3,(H,17,18). The zero-order valence-electron chi connectivity index (χ0n) is 11.1. The van der Waals surface area contributed by atoms with Crippen molar-refractivity contribution in [3.63, 3.8) is 0 Å². The van der Waals surface area contributed by atoms with Gasteiger partial charge in [0.2, 0.25) is 0 Å². The molecule has 2 N–H and O–H groups in total. The molecule has 1 rings (SSSR count). The lowest BCUT2D eigenvalue weighted by Crippen LogP contribution is -2.44. The maximum Gasteiger partial charge on any atom is 0.338 e. The van der Waals surface area contributed by atoms with Crippen LogP contribution in [-0.2, 0) is 0 Å². The van der Waals surface area contributed by atoms with Gasteiger partial charge in [-0.1, -0.05) is 0 Å². The van der Waals surface area contributed by atoms with Crippen LogP contribution >= 0.6 is 0 Å². The normalized spacial score (nSPS) is 11.7. The number of aromatic carboxylic acids is 1. The maximum atomic E-state index is 13.4. The summed E-state index contributed by atoms with van der Waals surface area (Å²) in [5, 5.41) is 11.8. The molecule has 4 nitrogen and oxygen atoms in total. The van der Waals surface area contributed by atoms with E-state index in [1.165, 1.54) is 12.1 Å². The summed E-state index contributed by atoms with van der Waals surface area (Å²) in [5.41, 5.74) is 0.182. The van der Waals surface area contributed by atoms with Crippen LogP contribution in [0.3, 0.4) is 0 Å². The van der Waals surface area contributed by atoms with Crippen molar-refractivity contribution in [1.82, 2.24) is 4.90 Å². The van der Waals surface area contributed by atoms with Gasteiger partial charge in [-0.15, -0.1) is 0 Å². The van der Waals surface area contributed by atoms with Crippen LogP contribution in [0.15, 0.2) is 18.2 Å². The van der Waals surface area contributed by atoms with Gasteiger partial charge in [-0.05, 0) is 46.1 Å². The molecule has 0 unspecified atom stereocenters. The number of nitrogens with zero attached hydrogens (tertiary/aromatic N) is 1. The average molecular weight is 254 g/mol. The fraction of sp³-hybridized carbons (Fsp3) is 0.462. The molecule has 1 aromatic carbocycles. The van der Waals surface area contributed by atoms with Crippen molar-refractivity contribution in [2.45, 2.75) is 19.4 Å². The Hall–Kier alpha value is -1.62. The second-order valence-electron chi connectivity index (χ2n) is 5.06. The molecule has 0 heterocycles. The Bertz CT molecular complexity index is 445. The number of nitrogens with one attached hydrogen (secondary N) is 1. The monoisotopic (exact) mass is 254 g/mol. The SMILES string of the molecule is CN(C)C(C)(C)CNc1ccc(C(=O)O)c(F)c1. The molecule has 0 spiro atoms. The van der Waals surface area contributed by atoms with Gasteiger partial charge >= 0.3 is 5.97 Å². The molecular weight excluding hydrogens is 235 g/mol. The molecule has 0 atom stereocenters. The zero-order chi connectivity index (χ0) is 13.9. The van der Waals surface area contributed by atoms with E-state index >= 15 is 0 Å². The molecule has 5 heteroatoms. The Morgan fingerprint density at radius 2 is 2.06 bits per heavy atom. The number of hydrogen-bond donors (Lipinski definition) is 2. The van der Waals surface area contributed by atoms with Crippen molar-refractivity contribution < 1.29 is 14.3 Å². The molecule has 0 saturated heterocycles. The molecule has 100 valence electrons. The summed E-state index contributed by atoms with van der Waals surface area (Å²) in [6, 6.07) is 4.04. The third-order valence-electron chi connectivity index (χ3n) is 3.14. The van der Waals surface area contributed by atoms with Gasteiger partial charge in [-0.25, -0.2) is 9.18 Å². The van der Waals surface area contributed by atoms with Crippen LogP contribution < -0.4 is 5.32 Å². The largest absolute Gasteiger partial charge is 0.478 e. The molecule has 1 aromatic rings. The van der Waals surface area contributed by atoms with Gasteiger partial charge in [0.25, 0.3) is 0 Å². The average Bonchev–Trinajstić information content (AvgIpc) is 2.25. The molecule has 0 aliphatic heterocycles. The first-order valence-corrected chi connectivity index (χ1v) is 5.68. The van der Waals surface area contributed by atoms with E-state index in [-0.39, 0.29) is 11.1 Å². The van der Waals surface area contributed by atoms with Gasteiger partial charge in [-0.2, -0.15) is 0 Å². The van der Waals surface area contributed by atoms with E-state index in [0.717, 1.165) is 0 Å². The summed E-state index contributed by atoms with van der Waals surface area (Å²) in [7, 11) is 3.94. The lowest BCUT2D eigenvalue weighted by Gasteiger charge is -2.33. The number of likely N-dealkylation sites (N-methyl/N-ethyl adjacent to an activating group) is 1. The highest BCUT2D eigenvalue weighted by Gasteiger charge is 2.20. The molecule has 0 amide bonds. The highest BCUT2D eigenvalue weighted by atomic mass is 19.1. The second kappa shape index (κ2) is 5.35. The molecule has 0 aliphatic rings. The first kappa shape index (κ1) is 14.4. The minimum atomic E-state index is -1.26. The smallest absolute Gasteiger partial charge is 0.338 e. The third-order valence-corrected chi connectivity index (χ3v) is 3.14. The van der Waals surface area contributed by atoms with Crippen molar-refractivity contribution in [3.05, 3.63) is 29.6 Å². The van der Waals surface area contributed by atoms with E-state index in [1.54, 1.807) is 6.07 Å². The van der Waals surface area contributed by atoms with E-state index in [0.29, 0.717) is 12.2 Å². The number of hydrogen-bond acceptors (Lipinski definition) is 3. The Balaban J connectivity index is 2.76. The van der Waals surface area contributed by atoms with Gasteiger partial charge in [0.1, 0.15) is 5.82 Å². The van der Waals surface area contributed by atoms with E-state index in [2.05, 4.69) is 24.1 Å². The summed E-state index contributed by atoms with van der Waals surface area (Å²) in [6.45, 7) is 4.75. The van der Waals surface area contributed by atoms with Crippen LogP contribution in [0.25, 0.3) is 0 Å². The number of benzene rings is 1. The number of carboxylic acid groups (broad SMARTS) is 1. The Kier molecular flexibility index (Phi) is 4.29. The van der Waals surface area contributed by atoms with Crippen LogP contribution in [0, 0.1) is 5.82 Å². The maximum absolute atomic E-state index is 13.4. The zero-order valence-corrected chi connectivity index (χ0v) is 11.1. The summed E-state index contributed by atoms with van der Waals surface area (Å²) in [4.78, 5) is 12.7. The van der Waals surface area contributed by atoms with Crippen LogP contribution in [-0.4, -0.2) is 42.2 Å². The minimum Gasteiger partial charge on any atom is -0.478 e. The number of rotatable bonds is 5. The number of halogens is 1. The van der Waals surface area contributed by atoms with Gasteiger partial charge in [0.05, 0.1) is 5.56 Å². The van der Waals surface area contributed by atoms with Crippen molar-refractivity contribution in [1.29, 1.82) is 0 Å². The predicted molar refractivity (Wildman–Crippen MR) is 69.6 cm³/mol. The summed E-state index contributed by atoms with van der Waals surface area (Å²) in [5.74, 6) is -1.98. The molecule has 18 heavy (non-hydrogen) atoms. The quantitative estimate of drug-likeness (QED) is 0.846.